The predicted octanol–water partition coefficient (Wildman–Crippen LogP) is 2.52. The number of rotatable bonds is 6. The number of hydrogen-bond acceptors (Lipinski definition) is 6. The van der Waals surface area contributed by atoms with Crippen LogP contribution in [0.5, 0.6) is 11.5 Å². The number of cyclic esters (lactones) is 1. The molecule has 132 valence electrons. The summed E-state index contributed by atoms with van der Waals surface area (Å²) >= 11 is 1.47. The van der Waals surface area contributed by atoms with E-state index in [1.807, 2.05) is 17.5 Å². The molecule has 1 atom stereocenters. The van der Waals surface area contributed by atoms with Crippen LogP contribution in [0.3, 0.4) is 0 Å². The molecule has 2 aromatic rings. The Kier molecular flexibility index (Phi) is 5.08. The van der Waals surface area contributed by atoms with Crippen LogP contribution in [0.1, 0.15) is 10.4 Å². The fourth-order valence-corrected chi connectivity index (χ4v) is 3.25. The van der Waals surface area contributed by atoms with Crippen molar-refractivity contribution in [3.63, 3.8) is 0 Å². The summed E-state index contributed by atoms with van der Waals surface area (Å²) in [6.07, 6.45) is -0.786. The molecular weight excluding hydrogens is 344 g/mol. The topological polar surface area (TPSA) is 77.1 Å². The number of methoxy groups -OCH3 is 2. The highest BCUT2D eigenvalue weighted by atomic mass is 32.1. The molecule has 7 nitrogen and oxygen atoms in total. The summed E-state index contributed by atoms with van der Waals surface area (Å²) in [6, 6.07) is 8.65. The van der Waals surface area contributed by atoms with Crippen molar-refractivity contribution in [1.29, 1.82) is 0 Å². The van der Waals surface area contributed by atoms with E-state index >= 15 is 0 Å². The van der Waals surface area contributed by atoms with Gasteiger partial charge in [0, 0.05) is 5.56 Å². The van der Waals surface area contributed by atoms with Crippen LogP contribution in [0, 0.1) is 0 Å². The zero-order chi connectivity index (χ0) is 17.8. The highest BCUT2D eigenvalue weighted by Crippen LogP contribution is 2.28. The average Bonchev–Trinajstić information content (AvgIpc) is 3.28. The SMILES string of the molecule is COc1ccc(C(=O)NCC2CN(c3cccs3)C(=O)O2)cc1OC. The van der Waals surface area contributed by atoms with Gasteiger partial charge in [-0.05, 0) is 35.7 Å². The van der Waals surface area contributed by atoms with Crippen molar-refractivity contribution in [2.75, 3.05) is 32.2 Å². The number of thiophene rings is 1. The van der Waals surface area contributed by atoms with Gasteiger partial charge in [-0.1, -0.05) is 0 Å². The molecule has 0 saturated carbocycles. The third kappa shape index (κ3) is 3.69. The Balaban J connectivity index is 1.59. The van der Waals surface area contributed by atoms with Gasteiger partial charge in [0.1, 0.15) is 11.1 Å². The Hall–Kier alpha value is -2.74. The number of anilines is 1. The van der Waals surface area contributed by atoms with Gasteiger partial charge in [-0.15, -0.1) is 11.3 Å². The van der Waals surface area contributed by atoms with Gasteiger partial charge in [0.2, 0.25) is 0 Å². The van der Waals surface area contributed by atoms with Crippen molar-refractivity contribution in [3.05, 3.63) is 41.3 Å². The number of nitrogens with one attached hydrogen (secondary N) is 1. The first-order chi connectivity index (χ1) is 12.1. The van der Waals surface area contributed by atoms with E-state index in [1.165, 1.54) is 25.6 Å². The van der Waals surface area contributed by atoms with E-state index in [1.54, 1.807) is 23.1 Å². The molecule has 1 N–H and O–H groups in total. The van der Waals surface area contributed by atoms with Crippen molar-refractivity contribution in [2.45, 2.75) is 6.10 Å². The van der Waals surface area contributed by atoms with E-state index in [0.717, 1.165) is 5.00 Å². The minimum Gasteiger partial charge on any atom is -0.493 e. The lowest BCUT2D eigenvalue weighted by molar-refractivity contribution is 0.0915. The first kappa shape index (κ1) is 17.1. The molecule has 3 rings (SSSR count). The molecule has 8 heteroatoms. The second-order valence-corrected chi connectivity index (χ2v) is 6.27. The molecular formula is C17H18N2O5S. The van der Waals surface area contributed by atoms with Gasteiger partial charge < -0.3 is 19.5 Å². The summed E-state index contributed by atoms with van der Waals surface area (Å²) in [7, 11) is 3.04. The highest BCUT2D eigenvalue weighted by Gasteiger charge is 2.33. The number of benzene rings is 1. The van der Waals surface area contributed by atoms with Gasteiger partial charge in [0.05, 0.1) is 27.3 Å². The highest BCUT2D eigenvalue weighted by molar-refractivity contribution is 7.14. The number of amides is 2. The monoisotopic (exact) mass is 362 g/mol. The third-order valence-electron chi connectivity index (χ3n) is 3.78. The summed E-state index contributed by atoms with van der Waals surface area (Å²) in [5.41, 5.74) is 0.442. The normalized spacial score (nSPS) is 16.5. The second kappa shape index (κ2) is 7.43. The van der Waals surface area contributed by atoms with E-state index in [-0.39, 0.29) is 12.5 Å². The number of ether oxygens (including phenoxy) is 3. The molecule has 1 aliphatic heterocycles. The Morgan fingerprint density at radius 1 is 1.32 bits per heavy atom. The maximum atomic E-state index is 12.3. The molecule has 1 aromatic heterocycles. The first-order valence-corrected chi connectivity index (χ1v) is 8.52. The van der Waals surface area contributed by atoms with E-state index in [0.29, 0.717) is 23.6 Å². The minimum atomic E-state index is -0.396. The van der Waals surface area contributed by atoms with Gasteiger partial charge in [0.25, 0.3) is 5.91 Å². The quantitative estimate of drug-likeness (QED) is 0.854. The second-order valence-electron chi connectivity index (χ2n) is 5.35. The number of carbonyl (C=O) groups is 2. The molecule has 1 fully saturated rings. The summed E-state index contributed by atoms with van der Waals surface area (Å²) in [4.78, 5) is 25.8. The summed E-state index contributed by atoms with van der Waals surface area (Å²) in [6.45, 7) is 0.645. The smallest absolute Gasteiger partial charge is 0.415 e. The van der Waals surface area contributed by atoms with Crippen molar-refractivity contribution < 1.29 is 23.8 Å². The van der Waals surface area contributed by atoms with Crippen LogP contribution in [0.15, 0.2) is 35.7 Å². The van der Waals surface area contributed by atoms with Crippen LogP contribution in [-0.4, -0.2) is 45.4 Å². The van der Waals surface area contributed by atoms with Gasteiger partial charge in [-0.3, -0.25) is 9.69 Å². The number of carbonyl (C=O) groups excluding carboxylic acids is 2. The molecule has 0 spiro atoms. The molecule has 25 heavy (non-hydrogen) atoms. The fourth-order valence-electron chi connectivity index (χ4n) is 2.52. The predicted molar refractivity (Wildman–Crippen MR) is 93.8 cm³/mol. The van der Waals surface area contributed by atoms with Crippen LogP contribution in [0.25, 0.3) is 0 Å². The fraction of sp³-hybridized carbons (Fsp3) is 0.294. The Morgan fingerprint density at radius 3 is 2.80 bits per heavy atom. The summed E-state index contributed by atoms with van der Waals surface area (Å²) in [5, 5.41) is 5.51. The van der Waals surface area contributed by atoms with Crippen molar-refractivity contribution >= 4 is 28.3 Å². The Labute approximate surface area is 149 Å². The Bertz CT molecular complexity index is 762. The van der Waals surface area contributed by atoms with Gasteiger partial charge in [0.15, 0.2) is 11.5 Å². The maximum absolute atomic E-state index is 12.3. The zero-order valence-electron chi connectivity index (χ0n) is 13.9. The lowest BCUT2D eigenvalue weighted by Crippen LogP contribution is -2.34. The largest absolute Gasteiger partial charge is 0.493 e. The van der Waals surface area contributed by atoms with Crippen LogP contribution < -0.4 is 19.7 Å². The average molecular weight is 362 g/mol. The van der Waals surface area contributed by atoms with Crippen LogP contribution in [0.4, 0.5) is 9.80 Å². The van der Waals surface area contributed by atoms with Crippen molar-refractivity contribution in [3.8, 4) is 11.5 Å². The molecule has 0 radical (unpaired) electrons. The van der Waals surface area contributed by atoms with E-state index in [2.05, 4.69) is 5.32 Å². The number of nitrogens with zero attached hydrogens (tertiary/aromatic N) is 1. The molecule has 2 amide bonds. The molecule has 1 aliphatic rings. The minimum absolute atomic E-state index is 0.237. The molecule has 1 unspecified atom stereocenters. The number of hydrogen-bond donors (Lipinski definition) is 1. The summed E-state index contributed by atoms with van der Waals surface area (Å²) < 4.78 is 15.6. The van der Waals surface area contributed by atoms with E-state index in [9.17, 15) is 9.59 Å². The van der Waals surface area contributed by atoms with Crippen LogP contribution in [-0.2, 0) is 4.74 Å². The zero-order valence-corrected chi connectivity index (χ0v) is 14.7. The first-order valence-electron chi connectivity index (χ1n) is 7.64. The molecule has 2 heterocycles. The van der Waals surface area contributed by atoms with E-state index in [4.69, 9.17) is 14.2 Å². The van der Waals surface area contributed by atoms with Crippen molar-refractivity contribution in [1.82, 2.24) is 5.32 Å². The van der Waals surface area contributed by atoms with Crippen molar-refractivity contribution in [2.24, 2.45) is 0 Å². The van der Waals surface area contributed by atoms with Gasteiger partial charge in [-0.2, -0.15) is 0 Å². The summed E-state index contributed by atoms with van der Waals surface area (Å²) in [5.74, 6) is 0.758. The Morgan fingerprint density at radius 2 is 2.12 bits per heavy atom. The van der Waals surface area contributed by atoms with Gasteiger partial charge >= 0.3 is 6.09 Å². The molecule has 1 aromatic carbocycles. The van der Waals surface area contributed by atoms with Gasteiger partial charge in [-0.25, -0.2) is 4.79 Å². The van der Waals surface area contributed by atoms with Crippen LogP contribution in [0.2, 0.25) is 0 Å². The van der Waals surface area contributed by atoms with E-state index < -0.39 is 12.2 Å². The maximum Gasteiger partial charge on any atom is 0.415 e. The standard InChI is InChI=1S/C17H18N2O5S/c1-22-13-6-5-11(8-14(13)23-2)16(20)18-9-12-10-19(17(21)24-12)15-4-3-7-25-15/h3-8,12H,9-10H2,1-2H3,(H,18,20). The molecule has 1 saturated heterocycles. The molecule has 0 bridgehead atoms. The van der Waals surface area contributed by atoms with Crippen LogP contribution >= 0.6 is 11.3 Å². The lowest BCUT2D eigenvalue weighted by atomic mass is 10.2. The lowest BCUT2D eigenvalue weighted by Gasteiger charge is -2.12. The molecule has 0 aliphatic carbocycles. The third-order valence-corrected chi connectivity index (χ3v) is 4.67.